The molecule has 0 fully saturated rings. The lowest BCUT2D eigenvalue weighted by Gasteiger charge is -2.18. The van der Waals surface area contributed by atoms with Crippen LogP contribution in [0.5, 0.6) is 0 Å². The third kappa shape index (κ3) is 7.58. The minimum absolute atomic E-state index is 0.0467. The van der Waals surface area contributed by atoms with E-state index in [2.05, 4.69) is 30.6 Å². The van der Waals surface area contributed by atoms with Gasteiger partial charge in [-0.15, -0.1) is 0 Å². The zero-order valence-electron chi connectivity index (χ0n) is 23.4. The highest BCUT2D eigenvalue weighted by Crippen LogP contribution is 2.22. The zero-order chi connectivity index (χ0) is 30.4. The molecule has 0 aliphatic rings. The van der Waals surface area contributed by atoms with E-state index in [0.29, 0.717) is 42.2 Å². The van der Waals surface area contributed by atoms with Crippen molar-refractivity contribution in [1.29, 1.82) is 5.26 Å². The molecule has 0 unspecified atom stereocenters. The Hall–Kier alpha value is -5.02. The molecule has 2 aromatic heterocycles. The molecular formula is C30H31F2N9O. The molecule has 0 radical (unpaired) electrons. The van der Waals surface area contributed by atoms with Gasteiger partial charge in [0.2, 0.25) is 0 Å². The molecule has 2 heterocycles. The van der Waals surface area contributed by atoms with Crippen molar-refractivity contribution in [2.24, 2.45) is 5.73 Å². The number of hydrogen-bond donors (Lipinski definition) is 4. The van der Waals surface area contributed by atoms with Gasteiger partial charge in [0.15, 0.2) is 28.8 Å². The van der Waals surface area contributed by atoms with E-state index in [4.69, 9.17) is 11.5 Å². The van der Waals surface area contributed by atoms with Crippen LogP contribution in [0.3, 0.4) is 0 Å². The van der Waals surface area contributed by atoms with Gasteiger partial charge in [0.05, 0.1) is 29.8 Å². The van der Waals surface area contributed by atoms with Crippen LogP contribution in [-0.2, 0) is 13.0 Å². The molecule has 12 heteroatoms. The number of nitriles is 1. The van der Waals surface area contributed by atoms with Gasteiger partial charge in [-0.1, -0.05) is 30.3 Å². The van der Waals surface area contributed by atoms with Crippen LogP contribution in [0.15, 0.2) is 54.9 Å². The van der Waals surface area contributed by atoms with E-state index in [1.165, 1.54) is 12.3 Å². The van der Waals surface area contributed by atoms with Crippen molar-refractivity contribution in [3.63, 3.8) is 0 Å². The maximum atomic E-state index is 13.7. The van der Waals surface area contributed by atoms with Gasteiger partial charge in [-0.2, -0.15) is 5.26 Å². The van der Waals surface area contributed by atoms with Gasteiger partial charge in [0.1, 0.15) is 11.9 Å². The van der Waals surface area contributed by atoms with Crippen molar-refractivity contribution in [3.05, 3.63) is 94.7 Å². The van der Waals surface area contributed by atoms with Gasteiger partial charge in [0.25, 0.3) is 5.91 Å². The molecule has 1 amide bonds. The summed E-state index contributed by atoms with van der Waals surface area (Å²) in [4.78, 5) is 30.4. The van der Waals surface area contributed by atoms with Crippen LogP contribution < -0.4 is 22.1 Å². The minimum atomic E-state index is -1.02. The van der Waals surface area contributed by atoms with E-state index in [0.717, 1.165) is 23.3 Å². The highest BCUT2D eigenvalue weighted by Gasteiger charge is 2.20. The second kappa shape index (κ2) is 12.7. The van der Waals surface area contributed by atoms with E-state index < -0.39 is 23.6 Å². The maximum absolute atomic E-state index is 13.7. The summed E-state index contributed by atoms with van der Waals surface area (Å²) in [5, 5.41) is 15.1. The second-order valence-corrected chi connectivity index (χ2v) is 10.6. The molecule has 10 nitrogen and oxygen atoms in total. The van der Waals surface area contributed by atoms with Gasteiger partial charge in [-0.05, 0) is 56.9 Å². The SMILES string of the molecule is C[C@H](NC(=O)c1nc(C#N)cnc1NCc1ccc(-c2cnc(N)c(CCC(C)(C)N)n2)cc1)c1ccc(F)c(F)c1. The summed E-state index contributed by atoms with van der Waals surface area (Å²) in [5.41, 5.74) is 15.1. The highest BCUT2D eigenvalue weighted by molar-refractivity contribution is 5.97. The summed E-state index contributed by atoms with van der Waals surface area (Å²) in [6.45, 7) is 5.81. The number of anilines is 2. The number of nitrogens with zero attached hydrogens (tertiary/aromatic N) is 5. The first kappa shape index (κ1) is 30.0. The number of carbonyl (C=O) groups is 1. The fraction of sp³-hybridized carbons (Fsp3) is 0.267. The molecule has 0 saturated heterocycles. The Morgan fingerprint density at radius 3 is 2.48 bits per heavy atom. The Morgan fingerprint density at radius 1 is 1.07 bits per heavy atom. The molecule has 0 aliphatic heterocycles. The summed E-state index contributed by atoms with van der Waals surface area (Å²) in [6.07, 6.45) is 4.20. The van der Waals surface area contributed by atoms with E-state index in [1.807, 2.05) is 44.2 Å². The fourth-order valence-corrected chi connectivity index (χ4v) is 4.04. The quantitative estimate of drug-likeness (QED) is 0.215. The first-order chi connectivity index (χ1) is 19.9. The van der Waals surface area contributed by atoms with Crippen molar-refractivity contribution < 1.29 is 13.6 Å². The third-order valence-electron chi connectivity index (χ3n) is 6.49. The van der Waals surface area contributed by atoms with Crippen LogP contribution in [-0.4, -0.2) is 31.4 Å². The number of nitrogens with two attached hydrogens (primary N) is 2. The predicted octanol–water partition coefficient (Wildman–Crippen LogP) is 4.44. The predicted molar refractivity (Wildman–Crippen MR) is 155 cm³/mol. The molecule has 1 atom stereocenters. The molecule has 4 rings (SSSR count). The van der Waals surface area contributed by atoms with Crippen molar-refractivity contribution >= 4 is 17.5 Å². The summed E-state index contributed by atoms with van der Waals surface area (Å²) in [6, 6.07) is 12.2. The average molecular weight is 572 g/mol. The maximum Gasteiger partial charge on any atom is 0.274 e. The molecule has 0 saturated carbocycles. The average Bonchev–Trinajstić information content (AvgIpc) is 2.96. The lowest BCUT2D eigenvalue weighted by atomic mass is 9.98. The van der Waals surface area contributed by atoms with Crippen molar-refractivity contribution in [1.82, 2.24) is 25.3 Å². The van der Waals surface area contributed by atoms with E-state index in [1.54, 1.807) is 13.1 Å². The molecule has 6 N–H and O–H groups in total. The Labute approximate surface area is 242 Å². The molecular weight excluding hydrogens is 540 g/mol. The van der Waals surface area contributed by atoms with Crippen LogP contribution in [0.25, 0.3) is 11.3 Å². The minimum Gasteiger partial charge on any atom is -0.382 e. The number of rotatable bonds is 10. The van der Waals surface area contributed by atoms with Crippen LogP contribution >= 0.6 is 0 Å². The lowest BCUT2D eigenvalue weighted by Crippen LogP contribution is -2.32. The van der Waals surface area contributed by atoms with E-state index >= 15 is 0 Å². The van der Waals surface area contributed by atoms with Crippen molar-refractivity contribution in [2.45, 2.75) is 51.7 Å². The van der Waals surface area contributed by atoms with Crippen molar-refractivity contribution in [2.75, 3.05) is 11.1 Å². The molecule has 0 bridgehead atoms. The standard InChI is InChI=1S/C30H31F2N9O/c1-17(20-8-9-22(31)23(32)12-20)39-29(42)26-28(38-15-21(13-33)40-26)37-14-18-4-6-19(7-5-18)25-16-36-27(34)24(41-25)10-11-30(2,3)35/h4-9,12,15-17H,10-11,14,35H2,1-3H3,(H2,34,36)(H,37,38)(H,39,42)/t17-/m0/s1. The number of nitrogens with one attached hydrogen (secondary N) is 2. The number of aryl methyl sites for hydroxylation is 1. The summed E-state index contributed by atoms with van der Waals surface area (Å²) >= 11 is 0. The monoisotopic (exact) mass is 571 g/mol. The molecule has 0 spiro atoms. The van der Waals surface area contributed by atoms with Crippen LogP contribution in [0.4, 0.5) is 20.4 Å². The van der Waals surface area contributed by atoms with Crippen LogP contribution in [0.2, 0.25) is 0 Å². The largest absolute Gasteiger partial charge is 0.382 e. The first-order valence-electron chi connectivity index (χ1n) is 13.2. The van der Waals surface area contributed by atoms with Gasteiger partial charge >= 0.3 is 0 Å². The van der Waals surface area contributed by atoms with Crippen LogP contribution in [0, 0.1) is 23.0 Å². The number of carbonyl (C=O) groups excluding carboxylic acids is 1. The lowest BCUT2D eigenvalue weighted by molar-refractivity contribution is 0.0935. The number of halogens is 2. The fourth-order valence-electron chi connectivity index (χ4n) is 4.04. The number of nitrogen functional groups attached to an aromatic ring is 1. The van der Waals surface area contributed by atoms with Gasteiger partial charge < -0.3 is 22.1 Å². The number of benzene rings is 2. The Bertz CT molecular complexity index is 1630. The topological polar surface area (TPSA) is 169 Å². The highest BCUT2D eigenvalue weighted by atomic mass is 19.2. The van der Waals surface area contributed by atoms with Gasteiger partial charge in [-0.3, -0.25) is 4.79 Å². The number of amides is 1. The summed E-state index contributed by atoms with van der Waals surface area (Å²) in [5.74, 6) is -2.10. The van der Waals surface area contributed by atoms with Gasteiger partial charge in [-0.25, -0.2) is 28.7 Å². The first-order valence-corrected chi connectivity index (χ1v) is 13.2. The molecule has 2 aromatic carbocycles. The normalized spacial score (nSPS) is 11.9. The molecule has 4 aromatic rings. The van der Waals surface area contributed by atoms with E-state index in [9.17, 15) is 18.8 Å². The Morgan fingerprint density at radius 2 is 1.81 bits per heavy atom. The Balaban J connectivity index is 1.46. The second-order valence-electron chi connectivity index (χ2n) is 10.6. The number of aromatic nitrogens is 4. The number of hydrogen-bond acceptors (Lipinski definition) is 9. The van der Waals surface area contributed by atoms with Gasteiger partial charge in [0, 0.05) is 17.6 Å². The summed E-state index contributed by atoms with van der Waals surface area (Å²) < 4.78 is 27.0. The molecule has 0 aliphatic carbocycles. The molecule has 42 heavy (non-hydrogen) atoms. The van der Waals surface area contributed by atoms with Crippen LogP contribution in [0.1, 0.15) is 66.2 Å². The van der Waals surface area contributed by atoms with E-state index in [-0.39, 0.29) is 22.7 Å². The smallest absolute Gasteiger partial charge is 0.274 e. The third-order valence-corrected chi connectivity index (χ3v) is 6.49. The summed E-state index contributed by atoms with van der Waals surface area (Å²) in [7, 11) is 0. The van der Waals surface area contributed by atoms with Crippen molar-refractivity contribution in [3.8, 4) is 17.3 Å². The zero-order valence-corrected chi connectivity index (χ0v) is 23.4. The molecule has 216 valence electrons. The Kier molecular flexibility index (Phi) is 9.02.